The van der Waals surface area contributed by atoms with Crippen LogP contribution in [-0.4, -0.2) is 10.8 Å². The molecule has 0 fully saturated rings. The fourth-order valence-electron chi connectivity index (χ4n) is 2.62. The quantitative estimate of drug-likeness (QED) is 0.404. The Balaban J connectivity index is 2.04. The van der Waals surface area contributed by atoms with Crippen LogP contribution in [0.3, 0.4) is 0 Å². The summed E-state index contributed by atoms with van der Waals surface area (Å²) in [5, 5.41) is 17.1. The van der Waals surface area contributed by atoms with Gasteiger partial charge in [-0.3, -0.25) is 14.9 Å². The van der Waals surface area contributed by atoms with E-state index in [-0.39, 0.29) is 11.6 Å². The molecule has 7 nitrogen and oxygen atoms in total. The van der Waals surface area contributed by atoms with Crippen molar-refractivity contribution in [2.24, 2.45) is 0 Å². The zero-order chi connectivity index (χ0) is 19.6. The van der Waals surface area contributed by atoms with Gasteiger partial charge in [0.2, 0.25) is 5.91 Å². The number of anilines is 3. The molecule has 2 N–H and O–H groups in total. The maximum Gasteiger partial charge on any atom is 0.293 e. The summed E-state index contributed by atoms with van der Waals surface area (Å²) in [5.41, 5.74) is 2.14. The Morgan fingerprint density at radius 1 is 1.11 bits per heavy atom. The molecule has 0 radical (unpaired) electrons. The Morgan fingerprint density at radius 2 is 1.85 bits per heavy atom. The number of halogens is 1. The van der Waals surface area contributed by atoms with E-state index in [0.29, 0.717) is 27.3 Å². The summed E-state index contributed by atoms with van der Waals surface area (Å²) in [6.07, 6.45) is 0. The topological polar surface area (TPSA) is 97.4 Å². The summed E-state index contributed by atoms with van der Waals surface area (Å²) >= 11 is 3.24. The number of nitrogens with one attached hydrogen (secondary N) is 2. The average molecular weight is 430 g/mol. The Morgan fingerprint density at radius 3 is 2.48 bits per heavy atom. The molecule has 0 aliphatic rings. The van der Waals surface area contributed by atoms with Crippen LogP contribution in [0.1, 0.15) is 12.7 Å². The number of benzene rings is 2. The molecule has 2 aromatic carbocycles. The van der Waals surface area contributed by atoms with Crippen molar-refractivity contribution in [3.8, 4) is 11.3 Å². The number of amides is 1. The summed E-state index contributed by atoms with van der Waals surface area (Å²) in [6, 6.07) is 13.7. The molecule has 1 amide bonds. The summed E-state index contributed by atoms with van der Waals surface area (Å²) in [4.78, 5) is 22.3. The lowest BCUT2D eigenvalue weighted by Gasteiger charge is -2.12. The lowest BCUT2D eigenvalue weighted by Crippen LogP contribution is -2.06. The van der Waals surface area contributed by atoms with Crippen LogP contribution in [0.4, 0.5) is 22.7 Å². The summed E-state index contributed by atoms with van der Waals surface area (Å²) in [5.74, 6) is 1.17. The van der Waals surface area contributed by atoms with Gasteiger partial charge in [0.1, 0.15) is 17.2 Å². The predicted octanol–water partition coefficient (Wildman–Crippen LogP) is 5.63. The fourth-order valence-corrected chi connectivity index (χ4v) is 2.97. The van der Waals surface area contributed by atoms with Crippen LogP contribution < -0.4 is 10.6 Å². The van der Waals surface area contributed by atoms with Crippen LogP contribution in [0.15, 0.2) is 57.4 Å². The summed E-state index contributed by atoms with van der Waals surface area (Å²) in [7, 11) is 0. The van der Waals surface area contributed by atoms with E-state index in [0.717, 1.165) is 11.3 Å². The zero-order valence-electron chi connectivity index (χ0n) is 14.6. The molecular weight excluding hydrogens is 414 g/mol. The minimum Gasteiger partial charge on any atom is -0.461 e. The highest BCUT2D eigenvalue weighted by Crippen LogP contribution is 2.34. The van der Waals surface area contributed by atoms with E-state index in [1.807, 2.05) is 19.1 Å². The first kappa shape index (κ1) is 18.7. The van der Waals surface area contributed by atoms with Gasteiger partial charge in [-0.15, -0.1) is 0 Å². The van der Waals surface area contributed by atoms with Gasteiger partial charge in [-0.25, -0.2) is 0 Å². The highest BCUT2D eigenvalue weighted by molar-refractivity contribution is 9.10. The number of nitrogens with zero attached hydrogens (tertiary/aromatic N) is 1. The highest BCUT2D eigenvalue weighted by Gasteiger charge is 2.15. The van der Waals surface area contributed by atoms with Gasteiger partial charge in [0.15, 0.2) is 0 Å². The van der Waals surface area contributed by atoms with Crippen molar-refractivity contribution in [2.45, 2.75) is 13.8 Å². The summed E-state index contributed by atoms with van der Waals surface area (Å²) in [6.45, 7) is 3.25. The van der Waals surface area contributed by atoms with Gasteiger partial charge in [0, 0.05) is 34.4 Å². The number of aryl methyl sites for hydroxylation is 1. The van der Waals surface area contributed by atoms with Gasteiger partial charge in [-0.2, -0.15) is 0 Å². The van der Waals surface area contributed by atoms with Crippen molar-refractivity contribution in [1.29, 1.82) is 0 Å². The maximum absolute atomic E-state index is 11.5. The molecule has 0 saturated heterocycles. The van der Waals surface area contributed by atoms with E-state index in [4.69, 9.17) is 4.42 Å². The lowest BCUT2D eigenvalue weighted by molar-refractivity contribution is -0.384. The van der Waals surface area contributed by atoms with E-state index in [9.17, 15) is 14.9 Å². The second-order valence-corrected chi connectivity index (χ2v) is 6.85. The number of rotatable bonds is 5. The average Bonchev–Trinajstić information content (AvgIpc) is 3.02. The van der Waals surface area contributed by atoms with Crippen LogP contribution in [0, 0.1) is 17.0 Å². The molecule has 0 spiro atoms. The molecule has 1 aromatic heterocycles. The minimum absolute atomic E-state index is 0.0651. The first-order valence-electron chi connectivity index (χ1n) is 8.02. The molecule has 0 saturated carbocycles. The maximum atomic E-state index is 11.5. The second kappa shape index (κ2) is 7.63. The predicted molar refractivity (Wildman–Crippen MR) is 107 cm³/mol. The molecule has 27 heavy (non-hydrogen) atoms. The molecule has 0 bridgehead atoms. The van der Waals surface area contributed by atoms with Crippen molar-refractivity contribution in [3.05, 3.63) is 68.9 Å². The molecule has 1 heterocycles. The third-order valence-electron chi connectivity index (χ3n) is 3.71. The second-order valence-electron chi connectivity index (χ2n) is 5.93. The van der Waals surface area contributed by atoms with Gasteiger partial charge < -0.3 is 15.1 Å². The van der Waals surface area contributed by atoms with Crippen LogP contribution in [-0.2, 0) is 4.79 Å². The van der Waals surface area contributed by atoms with Crippen molar-refractivity contribution >= 4 is 44.6 Å². The van der Waals surface area contributed by atoms with Crippen molar-refractivity contribution in [1.82, 2.24) is 0 Å². The number of nitro benzene ring substituents is 1. The molecule has 3 aromatic rings. The number of carbonyl (C=O) groups is 1. The Kier molecular flexibility index (Phi) is 5.27. The largest absolute Gasteiger partial charge is 0.461 e. The van der Waals surface area contributed by atoms with Gasteiger partial charge in [0.25, 0.3) is 5.69 Å². The van der Waals surface area contributed by atoms with Gasteiger partial charge in [-0.05, 0) is 49.4 Å². The van der Waals surface area contributed by atoms with Crippen LogP contribution in [0.2, 0.25) is 0 Å². The Hall–Kier alpha value is -3.13. The fraction of sp³-hybridized carbons (Fsp3) is 0.105. The monoisotopic (exact) mass is 429 g/mol. The number of hydrogen-bond donors (Lipinski definition) is 2. The van der Waals surface area contributed by atoms with E-state index < -0.39 is 4.92 Å². The summed E-state index contributed by atoms with van der Waals surface area (Å²) < 4.78 is 6.27. The number of carbonyl (C=O) groups excluding carboxylic acids is 1. The van der Waals surface area contributed by atoms with Gasteiger partial charge in [-0.1, -0.05) is 15.9 Å². The van der Waals surface area contributed by atoms with Crippen molar-refractivity contribution in [2.75, 3.05) is 10.6 Å². The molecule has 0 unspecified atom stereocenters. The molecule has 8 heteroatoms. The normalized spacial score (nSPS) is 10.5. The standard InChI is InChI=1S/C19H16BrN3O4/c1-11-3-6-19(27-11)13-7-15(21-12(2)24)10-16(8-13)22-17-5-4-14(20)9-18(17)23(25)26/h3-10,22H,1-2H3,(H,21,24). The number of hydrogen-bond acceptors (Lipinski definition) is 5. The van der Waals surface area contributed by atoms with Crippen LogP contribution >= 0.6 is 15.9 Å². The first-order chi connectivity index (χ1) is 12.8. The van der Waals surface area contributed by atoms with Crippen molar-refractivity contribution in [3.63, 3.8) is 0 Å². The third-order valence-corrected chi connectivity index (χ3v) is 4.21. The molecule has 138 valence electrons. The molecule has 0 aliphatic carbocycles. The smallest absolute Gasteiger partial charge is 0.293 e. The van der Waals surface area contributed by atoms with E-state index in [1.54, 1.807) is 30.3 Å². The van der Waals surface area contributed by atoms with E-state index >= 15 is 0 Å². The van der Waals surface area contributed by atoms with E-state index in [2.05, 4.69) is 26.6 Å². The van der Waals surface area contributed by atoms with Crippen molar-refractivity contribution < 1.29 is 14.1 Å². The number of furan rings is 1. The Labute approximate surface area is 163 Å². The minimum atomic E-state index is -0.457. The molecule has 3 rings (SSSR count). The van der Waals surface area contributed by atoms with Crippen LogP contribution in [0.5, 0.6) is 0 Å². The number of nitro groups is 1. The molecule has 0 aliphatic heterocycles. The highest BCUT2D eigenvalue weighted by atomic mass is 79.9. The lowest BCUT2D eigenvalue weighted by atomic mass is 10.1. The van der Waals surface area contributed by atoms with Gasteiger partial charge >= 0.3 is 0 Å². The van der Waals surface area contributed by atoms with Gasteiger partial charge in [0.05, 0.1) is 4.92 Å². The van der Waals surface area contributed by atoms with Crippen LogP contribution in [0.25, 0.3) is 11.3 Å². The SMILES string of the molecule is CC(=O)Nc1cc(Nc2ccc(Br)cc2[N+](=O)[O-])cc(-c2ccc(C)o2)c1. The zero-order valence-corrected chi connectivity index (χ0v) is 16.2. The van der Waals surface area contributed by atoms with E-state index in [1.165, 1.54) is 13.0 Å². The molecule has 0 atom stereocenters. The molecular formula is C19H16BrN3O4. The first-order valence-corrected chi connectivity index (χ1v) is 8.81. The third kappa shape index (κ3) is 4.53. The Bertz CT molecular complexity index is 1030.